The van der Waals surface area contributed by atoms with Crippen molar-refractivity contribution in [2.75, 3.05) is 6.61 Å². The Bertz CT molecular complexity index is 604. The van der Waals surface area contributed by atoms with Crippen LogP contribution in [0.1, 0.15) is 38.7 Å². The number of carboxylic acid groups (broad SMARTS) is 1. The molecule has 1 rings (SSSR count). The van der Waals surface area contributed by atoms with Gasteiger partial charge in [0.05, 0.1) is 6.61 Å². The van der Waals surface area contributed by atoms with Crippen molar-refractivity contribution in [3.8, 4) is 0 Å². The van der Waals surface area contributed by atoms with Crippen molar-refractivity contribution in [3.63, 3.8) is 0 Å². The number of rotatable bonds is 7. The van der Waals surface area contributed by atoms with Crippen LogP contribution >= 0.6 is 0 Å². The molecule has 0 aliphatic rings. The van der Waals surface area contributed by atoms with Crippen LogP contribution in [0.15, 0.2) is 61.7 Å². The Balaban J connectivity index is 0. The molecule has 148 valence electrons. The first-order chi connectivity index (χ1) is 12.8. The van der Waals surface area contributed by atoms with Gasteiger partial charge in [-0.3, -0.25) is 0 Å². The van der Waals surface area contributed by atoms with Gasteiger partial charge in [0, 0.05) is 11.6 Å². The molecule has 0 amide bonds. The molecular weight excluding hydrogens is 348 g/mol. The smallest absolute Gasteiger partial charge is 0.463 e. The third-order valence-electron chi connectivity index (χ3n) is 2.84. The second kappa shape index (κ2) is 17.7. The first-order valence-corrected chi connectivity index (χ1v) is 8.41. The van der Waals surface area contributed by atoms with Gasteiger partial charge in [-0.1, -0.05) is 76.4 Å². The van der Waals surface area contributed by atoms with Crippen molar-refractivity contribution >= 4 is 24.2 Å². The fourth-order valence-corrected chi connectivity index (χ4v) is 1.26. The zero-order valence-electron chi connectivity index (χ0n) is 16.0. The van der Waals surface area contributed by atoms with E-state index in [4.69, 9.17) is 5.11 Å². The van der Waals surface area contributed by atoms with Crippen LogP contribution in [0.25, 0.3) is 6.08 Å². The van der Waals surface area contributed by atoms with Crippen molar-refractivity contribution in [3.05, 3.63) is 67.3 Å². The van der Waals surface area contributed by atoms with E-state index in [-0.39, 0.29) is 11.5 Å². The summed E-state index contributed by atoms with van der Waals surface area (Å²) >= 11 is 0. The fraction of sp³-hybridized carbons (Fsp3) is 0.286. The average Bonchev–Trinajstić information content (AvgIpc) is 2.68. The van der Waals surface area contributed by atoms with E-state index in [2.05, 4.69) is 29.2 Å². The number of esters is 2. The van der Waals surface area contributed by atoms with Crippen LogP contribution in [-0.4, -0.2) is 29.8 Å². The molecule has 0 spiro atoms. The van der Waals surface area contributed by atoms with E-state index in [0.717, 1.165) is 12.8 Å². The van der Waals surface area contributed by atoms with Gasteiger partial charge in [-0.25, -0.2) is 14.4 Å². The third kappa shape index (κ3) is 17.5. The van der Waals surface area contributed by atoms with Gasteiger partial charge < -0.3 is 14.6 Å². The second-order valence-corrected chi connectivity index (χ2v) is 4.95. The van der Waals surface area contributed by atoms with Crippen LogP contribution in [0, 0.1) is 0 Å². The average molecular weight is 376 g/mol. The highest BCUT2D eigenvalue weighted by Crippen LogP contribution is 1.99. The maximum Gasteiger partial charge on any atom is 0.513 e. The van der Waals surface area contributed by atoms with Gasteiger partial charge in [-0.15, -0.1) is 0 Å². The first-order valence-electron chi connectivity index (χ1n) is 8.41. The van der Waals surface area contributed by atoms with Crippen molar-refractivity contribution in [2.24, 2.45) is 0 Å². The lowest BCUT2D eigenvalue weighted by molar-refractivity contribution is -0.138. The van der Waals surface area contributed by atoms with Gasteiger partial charge in [-0.2, -0.15) is 0 Å². The first kappa shape index (κ1) is 26.1. The normalized spacial score (nSPS) is 8.52. The number of hydrogen-bond acceptors (Lipinski definition) is 5. The lowest BCUT2D eigenvalue weighted by atomic mass is 10.2. The highest BCUT2D eigenvalue weighted by Gasteiger charge is 2.09. The quantitative estimate of drug-likeness (QED) is 0.311. The minimum atomic E-state index is -1.60. The number of ether oxygens (including phenoxy) is 2. The highest BCUT2D eigenvalue weighted by atomic mass is 16.7. The standard InChI is InChI=1S/C8H8.C7H12O2.C6H8O4/c1-2-8-6-4-3-5-7-8;1-3-5-6-9-7(8)4-2;1-3-4(2)5(7)10-6(8)9/h2-7H,1H2;4H,2-3,5-6H2,1H3;2-3H2,1H3,(H,8,9). The Morgan fingerprint density at radius 1 is 1.11 bits per heavy atom. The van der Waals surface area contributed by atoms with Crippen molar-refractivity contribution in [1.82, 2.24) is 0 Å². The third-order valence-corrected chi connectivity index (χ3v) is 2.84. The molecule has 0 unspecified atom stereocenters. The van der Waals surface area contributed by atoms with E-state index in [9.17, 15) is 14.4 Å². The Hall–Kier alpha value is -3.15. The monoisotopic (exact) mass is 376 g/mol. The molecule has 0 aliphatic carbocycles. The molecule has 0 saturated carbocycles. The molecule has 0 saturated heterocycles. The molecule has 0 atom stereocenters. The summed E-state index contributed by atoms with van der Waals surface area (Å²) in [6.45, 7) is 14.4. The molecule has 0 aromatic heterocycles. The fourth-order valence-electron chi connectivity index (χ4n) is 1.26. The van der Waals surface area contributed by atoms with Crippen molar-refractivity contribution in [1.29, 1.82) is 0 Å². The van der Waals surface area contributed by atoms with Crippen LogP contribution < -0.4 is 0 Å². The van der Waals surface area contributed by atoms with E-state index in [1.165, 1.54) is 11.6 Å². The van der Waals surface area contributed by atoms with E-state index in [1.54, 1.807) is 6.92 Å². The van der Waals surface area contributed by atoms with Crippen LogP contribution in [-0.2, 0) is 19.1 Å². The molecule has 0 bridgehead atoms. The van der Waals surface area contributed by atoms with E-state index < -0.39 is 12.1 Å². The minimum absolute atomic E-state index is 0.155. The second-order valence-electron chi connectivity index (χ2n) is 4.95. The Labute approximate surface area is 160 Å². The van der Waals surface area contributed by atoms with Gasteiger partial charge in [0.25, 0.3) is 0 Å². The lowest BCUT2D eigenvalue weighted by Gasteiger charge is -1.97. The Morgan fingerprint density at radius 2 is 1.70 bits per heavy atom. The van der Waals surface area contributed by atoms with Gasteiger partial charge >= 0.3 is 18.1 Å². The topological polar surface area (TPSA) is 89.9 Å². The van der Waals surface area contributed by atoms with E-state index >= 15 is 0 Å². The summed E-state index contributed by atoms with van der Waals surface area (Å²) in [5.74, 6) is -1.21. The van der Waals surface area contributed by atoms with Crippen LogP contribution in [0.3, 0.4) is 0 Å². The molecule has 0 radical (unpaired) electrons. The summed E-state index contributed by atoms with van der Waals surface area (Å²) in [7, 11) is 0. The number of carbonyl (C=O) groups is 3. The molecule has 6 heteroatoms. The molecule has 27 heavy (non-hydrogen) atoms. The van der Waals surface area contributed by atoms with Gasteiger partial charge in [0.2, 0.25) is 0 Å². The zero-order valence-corrected chi connectivity index (χ0v) is 16.0. The zero-order chi connectivity index (χ0) is 21.1. The molecule has 0 heterocycles. The molecule has 6 nitrogen and oxygen atoms in total. The maximum absolute atomic E-state index is 10.5. The summed E-state index contributed by atoms with van der Waals surface area (Å²) in [6, 6.07) is 10.0. The molecule has 0 aliphatic heterocycles. The summed E-state index contributed by atoms with van der Waals surface area (Å²) in [6.07, 6.45) is 3.78. The predicted molar refractivity (Wildman–Crippen MR) is 106 cm³/mol. The summed E-state index contributed by atoms with van der Waals surface area (Å²) in [5, 5.41) is 7.94. The Kier molecular flexibility index (Phi) is 17.1. The van der Waals surface area contributed by atoms with Crippen LogP contribution in [0.2, 0.25) is 0 Å². The summed E-state index contributed by atoms with van der Waals surface area (Å²) in [5.41, 5.74) is 1.33. The predicted octanol–water partition coefficient (Wildman–Crippen LogP) is 5.02. The van der Waals surface area contributed by atoms with Gasteiger partial charge in [0.1, 0.15) is 0 Å². The summed E-state index contributed by atoms with van der Waals surface area (Å²) < 4.78 is 8.46. The Morgan fingerprint density at radius 3 is 2.07 bits per heavy atom. The number of carbonyl (C=O) groups excluding carboxylic acids is 2. The molecule has 1 N–H and O–H groups in total. The maximum atomic E-state index is 10.5. The SMILES string of the molecule is C=C(CC)C(=O)OC(=O)O.C=CC(=O)OCCCC.C=Cc1ccccc1. The molecule has 0 fully saturated rings. The number of benzene rings is 1. The summed E-state index contributed by atoms with van der Waals surface area (Å²) in [4.78, 5) is 30.6. The molecule has 1 aromatic carbocycles. The van der Waals surface area contributed by atoms with Crippen molar-refractivity contribution in [2.45, 2.75) is 33.1 Å². The van der Waals surface area contributed by atoms with Gasteiger partial charge in [-0.05, 0) is 18.4 Å². The molecule has 1 aromatic rings. The van der Waals surface area contributed by atoms with Gasteiger partial charge in [0.15, 0.2) is 0 Å². The lowest BCUT2D eigenvalue weighted by Crippen LogP contribution is -2.10. The van der Waals surface area contributed by atoms with Crippen LogP contribution in [0.5, 0.6) is 0 Å². The number of hydrogen-bond donors (Lipinski definition) is 1. The largest absolute Gasteiger partial charge is 0.513 e. The minimum Gasteiger partial charge on any atom is -0.463 e. The molecular formula is C21H28O6. The van der Waals surface area contributed by atoms with E-state index in [0.29, 0.717) is 13.0 Å². The highest BCUT2D eigenvalue weighted by molar-refractivity contribution is 5.93. The van der Waals surface area contributed by atoms with E-state index in [1.807, 2.05) is 43.3 Å². The van der Waals surface area contributed by atoms with Crippen molar-refractivity contribution < 1.29 is 29.0 Å². The number of unbranched alkanes of at least 4 members (excludes halogenated alkanes) is 1. The van der Waals surface area contributed by atoms with Crippen LogP contribution in [0.4, 0.5) is 4.79 Å².